The summed E-state index contributed by atoms with van der Waals surface area (Å²) in [5.41, 5.74) is 11.0. The fraction of sp³-hybridized carbons (Fsp3) is 0.458. The normalized spacial score (nSPS) is 22.5. The lowest BCUT2D eigenvalue weighted by molar-refractivity contribution is -0.117. The zero-order chi connectivity index (χ0) is 18.6. The predicted molar refractivity (Wildman–Crippen MR) is 110 cm³/mol. The molecule has 2 unspecified atom stereocenters. The van der Waals surface area contributed by atoms with Gasteiger partial charge < -0.3 is 5.73 Å². The Hall–Kier alpha value is -2.13. The fourth-order valence-electron chi connectivity index (χ4n) is 4.98. The lowest BCUT2D eigenvalue weighted by atomic mass is 9.75. The summed E-state index contributed by atoms with van der Waals surface area (Å²) in [6.45, 7) is 2.49. The first-order chi connectivity index (χ1) is 13.2. The van der Waals surface area contributed by atoms with Crippen molar-refractivity contribution in [3.05, 3.63) is 70.8 Å². The molecule has 3 heteroatoms. The lowest BCUT2D eigenvalue weighted by Gasteiger charge is -2.40. The molecule has 142 valence electrons. The van der Waals surface area contributed by atoms with Gasteiger partial charge in [-0.05, 0) is 73.9 Å². The molecule has 1 aliphatic carbocycles. The van der Waals surface area contributed by atoms with Crippen LogP contribution in [-0.4, -0.2) is 29.9 Å². The number of aryl methyl sites for hydroxylation is 2. The molecule has 0 aromatic heterocycles. The first kappa shape index (κ1) is 18.2. The molecule has 3 nitrogen and oxygen atoms in total. The quantitative estimate of drug-likeness (QED) is 0.849. The highest BCUT2D eigenvalue weighted by molar-refractivity contribution is 5.74. The van der Waals surface area contributed by atoms with Crippen molar-refractivity contribution in [2.24, 2.45) is 5.73 Å². The number of carbonyl (C=O) groups is 1. The second kappa shape index (κ2) is 8.26. The van der Waals surface area contributed by atoms with Crippen LogP contribution < -0.4 is 5.73 Å². The third-order valence-electron chi connectivity index (χ3n) is 6.35. The summed E-state index contributed by atoms with van der Waals surface area (Å²) in [4.78, 5) is 13.9. The molecule has 1 fully saturated rings. The Morgan fingerprint density at radius 1 is 1.04 bits per heavy atom. The highest BCUT2D eigenvalue weighted by Gasteiger charge is 2.34. The van der Waals surface area contributed by atoms with Crippen molar-refractivity contribution in [2.45, 2.75) is 56.9 Å². The van der Waals surface area contributed by atoms with Gasteiger partial charge in [-0.3, -0.25) is 9.69 Å². The summed E-state index contributed by atoms with van der Waals surface area (Å²) < 4.78 is 0. The molecule has 27 heavy (non-hydrogen) atoms. The highest BCUT2D eigenvalue weighted by Crippen LogP contribution is 2.39. The van der Waals surface area contributed by atoms with Crippen LogP contribution in [0.15, 0.2) is 48.5 Å². The number of hydrogen-bond donors (Lipinski definition) is 1. The number of nitrogens with zero attached hydrogens (tertiary/aromatic N) is 1. The average molecular weight is 363 g/mol. The fourth-order valence-corrected chi connectivity index (χ4v) is 4.98. The number of hydrogen-bond acceptors (Lipinski definition) is 2. The van der Waals surface area contributed by atoms with Crippen molar-refractivity contribution >= 4 is 5.91 Å². The molecule has 0 bridgehead atoms. The van der Waals surface area contributed by atoms with Crippen LogP contribution >= 0.6 is 0 Å². The number of benzene rings is 2. The SMILES string of the molecule is NC(=O)CCc1ccc2c(c1)C(Cc1ccccc1)C(N1CCCC1)CC2. The topological polar surface area (TPSA) is 46.3 Å². The minimum Gasteiger partial charge on any atom is -0.370 e. The van der Waals surface area contributed by atoms with Gasteiger partial charge in [0.05, 0.1) is 0 Å². The molecule has 0 spiro atoms. The van der Waals surface area contributed by atoms with E-state index < -0.39 is 0 Å². The van der Waals surface area contributed by atoms with E-state index in [-0.39, 0.29) is 5.91 Å². The molecule has 1 amide bonds. The minimum atomic E-state index is -0.219. The van der Waals surface area contributed by atoms with E-state index in [0.717, 1.165) is 19.3 Å². The molecule has 2 aromatic rings. The van der Waals surface area contributed by atoms with Crippen LogP contribution in [0.4, 0.5) is 0 Å². The average Bonchev–Trinajstić information content (AvgIpc) is 3.22. The van der Waals surface area contributed by atoms with Gasteiger partial charge in [0.15, 0.2) is 0 Å². The molecule has 1 heterocycles. The van der Waals surface area contributed by atoms with E-state index in [9.17, 15) is 4.79 Å². The zero-order valence-electron chi connectivity index (χ0n) is 16.1. The van der Waals surface area contributed by atoms with Gasteiger partial charge in [-0.25, -0.2) is 0 Å². The van der Waals surface area contributed by atoms with E-state index >= 15 is 0 Å². The van der Waals surface area contributed by atoms with E-state index in [1.54, 1.807) is 0 Å². The van der Waals surface area contributed by atoms with Crippen molar-refractivity contribution in [1.29, 1.82) is 0 Å². The Kier molecular flexibility index (Phi) is 5.58. The number of nitrogens with two attached hydrogens (primary N) is 1. The number of carbonyl (C=O) groups excluding carboxylic acids is 1. The number of primary amides is 1. The van der Waals surface area contributed by atoms with Gasteiger partial charge in [0.1, 0.15) is 0 Å². The molecule has 2 N–H and O–H groups in total. The smallest absolute Gasteiger partial charge is 0.217 e. The molecule has 4 rings (SSSR count). The van der Waals surface area contributed by atoms with Gasteiger partial charge in [0, 0.05) is 18.4 Å². The maximum atomic E-state index is 11.2. The van der Waals surface area contributed by atoms with Crippen molar-refractivity contribution in [3.8, 4) is 0 Å². The van der Waals surface area contributed by atoms with E-state index in [2.05, 4.69) is 53.4 Å². The molecular formula is C24H30N2O. The molecule has 2 aliphatic rings. The van der Waals surface area contributed by atoms with Gasteiger partial charge in [0.25, 0.3) is 0 Å². The Labute approximate surface area is 162 Å². The van der Waals surface area contributed by atoms with Crippen molar-refractivity contribution in [1.82, 2.24) is 4.90 Å². The number of amides is 1. The Morgan fingerprint density at radius 2 is 1.81 bits per heavy atom. The Bertz CT molecular complexity index is 780. The van der Waals surface area contributed by atoms with Crippen LogP contribution in [0.2, 0.25) is 0 Å². The zero-order valence-corrected chi connectivity index (χ0v) is 16.1. The van der Waals surface area contributed by atoms with Crippen LogP contribution in [0.3, 0.4) is 0 Å². The van der Waals surface area contributed by atoms with Crippen LogP contribution in [0.5, 0.6) is 0 Å². The molecule has 1 saturated heterocycles. The van der Waals surface area contributed by atoms with Gasteiger partial charge in [-0.1, -0.05) is 48.5 Å². The summed E-state index contributed by atoms with van der Waals surface area (Å²) >= 11 is 0. The first-order valence-corrected chi connectivity index (χ1v) is 10.4. The van der Waals surface area contributed by atoms with Gasteiger partial charge in [-0.2, -0.15) is 0 Å². The van der Waals surface area contributed by atoms with E-state index in [1.807, 2.05) is 0 Å². The van der Waals surface area contributed by atoms with Crippen LogP contribution in [0.1, 0.15) is 53.9 Å². The van der Waals surface area contributed by atoms with Crippen LogP contribution in [-0.2, 0) is 24.1 Å². The molecule has 1 aliphatic heterocycles. The standard InChI is InChI=1S/C24H30N2O/c25-24(27)13-9-19-8-10-20-11-12-23(26-14-4-5-15-26)22(21(20)16-19)17-18-6-2-1-3-7-18/h1-3,6-8,10,16,22-23H,4-5,9,11-15,17H2,(H2,25,27). The van der Waals surface area contributed by atoms with Gasteiger partial charge in [0.2, 0.25) is 5.91 Å². The summed E-state index contributed by atoms with van der Waals surface area (Å²) in [6.07, 6.45) is 7.35. The Morgan fingerprint density at radius 3 is 2.56 bits per heavy atom. The molecular weight excluding hydrogens is 332 g/mol. The van der Waals surface area contributed by atoms with Gasteiger partial charge >= 0.3 is 0 Å². The molecule has 2 aromatic carbocycles. The van der Waals surface area contributed by atoms with Crippen molar-refractivity contribution < 1.29 is 4.79 Å². The second-order valence-corrected chi connectivity index (χ2v) is 8.14. The number of rotatable bonds is 6. The van der Waals surface area contributed by atoms with Crippen molar-refractivity contribution in [3.63, 3.8) is 0 Å². The summed E-state index contributed by atoms with van der Waals surface area (Å²) in [5.74, 6) is 0.311. The van der Waals surface area contributed by atoms with E-state index in [0.29, 0.717) is 18.4 Å². The predicted octanol–water partition coefficient (Wildman–Crippen LogP) is 3.84. The summed E-state index contributed by atoms with van der Waals surface area (Å²) in [7, 11) is 0. The first-order valence-electron chi connectivity index (χ1n) is 10.4. The summed E-state index contributed by atoms with van der Waals surface area (Å²) in [6, 6.07) is 18.4. The van der Waals surface area contributed by atoms with Gasteiger partial charge in [-0.15, -0.1) is 0 Å². The summed E-state index contributed by atoms with van der Waals surface area (Å²) in [5, 5.41) is 0. The maximum absolute atomic E-state index is 11.2. The third kappa shape index (κ3) is 4.24. The maximum Gasteiger partial charge on any atom is 0.217 e. The Balaban J connectivity index is 1.65. The van der Waals surface area contributed by atoms with Crippen LogP contribution in [0.25, 0.3) is 0 Å². The monoisotopic (exact) mass is 362 g/mol. The third-order valence-corrected chi connectivity index (χ3v) is 6.35. The lowest BCUT2D eigenvalue weighted by Crippen LogP contribution is -2.41. The highest BCUT2D eigenvalue weighted by atomic mass is 16.1. The van der Waals surface area contributed by atoms with Crippen LogP contribution in [0, 0.1) is 0 Å². The number of fused-ring (bicyclic) bond motifs is 1. The molecule has 0 radical (unpaired) electrons. The second-order valence-electron chi connectivity index (χ2n) is 8.14. The molecule has 0 saturated carbocycles. The minimum absolute atomic E-state index is 0.219. The molecule has 2 atom stereocenters. The van der Waals surface area contributed by atoms with E-state index in [4.69, 9.17) is 5.73 Å². The van der Waals surface area contributed by atoms with Crippen molar-refractivity contribution in [2.75, 3.05) is 13.1 Å². The largest absolute Gasteiger partial charge is 0.370 e. The number of likely N-dealkylation sites (tertiary alicyclic amines) is 1. The van der Waals surface area contributed by atoms with E-state index in [1.165, 1.54) is 54.6 Å².